The van der Waals surface area contributed by atoms with Crippen LogP contribution in [0.15, 0.2) is 150 Å². The molecule has 0 amide bonds. The normalized spacial score (nSPS) is 11.3. The Hall–Kier alpha value is -4.40. The van der Waals surface area contributed by atoms with E-state index in [0.29, 0.717) is 0 Å². The van der Waals surface area contributed by atoms with Gasteiger partial charge >= 0.3 is 0 Å². The molecule has 0 aliphatic carbocycles. The van der Waals surface area contributed by atoms with Gasteiger partial charge in [0, 0.05) is 20.9 Å². The first-order valence-electron chi connectivity index (χ1n) is 12.8. The molecule has 0 aliphatic rings. The van der Waals surface area contributed by atoms with Crippen molar-refractivity contribution >= 4 is 37.7 Å². The third-order valence-corrected chi connectivity index (χ3v) is 7.77. The summed E-state index contributed by atoms with van der Waals surface area (Å²) >= 11 is 3.64. The highest BCUT2D eigenvalue weighted by molar-refractivity contribution is 9.10. The zero-order chi connectivity index (χ0) is 25.5. The number of nitrogens with zero attached hydrogens (tertiary/aromatic N) is 1. The van der Waals surface area contributed by atoms with Gasteiger partial charge in [0.1, 0.15) is 0 Å². The first-order chi connectivity index (χ1) is 18.8. The maximum Gasteiger partial charge on any atom is 0.0547 e. The highest BCUT2D eigenvalue weighted by Crippen LogP contribution is 2.38. The van der Waals surface area contributed by atoms with Gasteiger partial charge in [-0.25, -0.2) is 0 Å². The van der Waals surface area contributed by atoms with Gasteiger partial charge in [0.05, 0.1) is 11.0 Å². The average molecular weight is 550 g/mol. The van der Waals surface area contributed by atoms with Crippen molar-refractivity contribution in [1.82, 2.24) is 4.57 Å². The Morgan fingerprint density at radius 3 is 1.74 bits per heavy atom. The standard InChI is InChI=1S/C36H24BrN/c37-29-12-8-11-27(23-29)31-13-4-5-14-32(31)28-19-22-34-33-15-6-7-16-35(33)38(36(34)24-28)30-20-17-26(18-21-30)25-9-2-1-3-10-25/h1-24H. The predicted molar refractivity (Wildman–Crippen MR) is 165 cm³/mol. The van der Waals surface area contributed by atoms with Gasteiger partial charge in [0.25, 0.3) is 0 Å². The summed E-state index contributed by atoms with van der Waals surface area (Å²) in [4.78, 5) is 0. The summed E-state index contributed by atoms with van der Waals surface area (Å²) in [5.41, 5.74) is 10.9. The summed E-state index contributed by atoms with van der Waals surface area (Å²) in [6, 6.07) is 52.2. The molecule has 6 aromatic carbocycles. The molecule has 38 heavy (non-hydrogen) atoms. The van der Waals surface area contributed by atoms with Crippen LogP contribution in [0.1, 0.15) is 0 Å². The van der Waals surface area contributed by atoms with E-state index in [0.717, 1.165) is 10.2 Å². The Labute approximate surface area is 230 Å². The molecule has 0 unspecified atom stereocenters. The molecule has 0 fully saturated rings. The van der Waals surface area contributed by atoms with E-state index in [2.05, 4.69) is 166 Å². The van der Waals surface area contributed by atoms with Crippen LogP contribution >= 0.6 is 15.9 Å². The first-order valence-corrected chi connectivity index (χ1v) is 13.6. The summed E-state index contributed by atoms with van der Waals surface area (Å²) in [7, 11) is 0. The van der Waals surface area contributed by atoms with Crippen molar-refractivity contribution in [2.24, 2.45) is 0 Å². The van der Waals surface area contributed by atoms with E-state index < -0.39 is 0 Å². The van der Waals surface area contributed by atoms with Crippen LogP contribution in [0, 0.1) is 0 Å². The maximum atomic E-state index is 3.64. The van der Waals surface area contributed by atoms with Gasteiger partial charge in [0.2, 0.25) is 0 Å². The molecule has 0 atom stereocenters. The molecular weight excluding hydrogens is 526 g/mol. The molecule has 7 rings (SSSR count). The molecule has 1 aromatic heterocycles. The lowest BCUT2D eigenvalue weighted by atomic mass is 9.94. The van der Waals surface area contributed by atoms with Gasteiger partial charge in [-0.1, -0.05) is 125 Å². The summed E-state index contributed by atoms with van der Waals surface area (Å²) in [6.45, 7) is 0. The van der Waals surface area contributed by atoms with Gasteiger partial charge in [-0.05, 0) is 69.8 Å². The number of halogens is 1. The predicted octanol–water partition coefficient (Wildman–Crippen LogP) is 10.5. The van der Waals surface area contributed by atoms with Crippen LogP contribution in [0.3, 0.4) is 0 Å². The van der Waals surface area contributed by atoms with E-state index in [1.54, 1.807) is 0 Å². The minimum atomic E-state index is 1.08. The first kappa shape index (κ1) is 22.8. The lowest BCUT2D eigenvalue weighted by molar-refractivity contribution is 1.18. The third-order valence-electron chi connectivity index (χ3n) is 7.28. The molecule has 0 spiro atoms. The van der Waals surface area contributed by atoms with Crippen LogP contribution in [-0.2, 0) is 0 Å². The third kappa shape index (κ3) is 3.95. The van der Waals surface area contributed by atoms with Gasteiger partial charge in [-0.15, -0.1) is 0 Å². The fourth-order valence-electron chi connectivity index (χ4n) is 5.49. The van der Waals surface area contributed by atoms with Crippen molar-refractivity contribution in [3.8, 4) is 39.1 Å². The number of fused-ring (bicyclic) bond motifs is 3. The van der Waals surface area contributed by atoms with E-state index >= 15 is 0 Å². The summed E-state index contributed by atoms with van der Waals surface area (Å²) in [5, 5.41) is 2.53. The fourth-order valence-corrected chi connectivity index (χ4v) is 5.89. The van der Waals surface area contributed by atoms with Crippen LogP contribution < -0.4 is 0 Å². The second-order valence-corrected chi connectivity index (χ2v) is 10.5. The van der Waals surface area contributed by atoms with Gasteiger partial charge in [-0.2, -0.15) is 0 Å². The molecule has 1 nitrogen and oxygen atoms in total. The molecule has 7 aromatic rings. The largest absolute Gasteiger partial charge is 0.309 e. The van der Waals surface area contributed by atoms with Crippen LogP contribution in [0.4, 0.5) is 0 Å². The molecule has 0 N–H and O–H groups in total. The van der Waals surface area contributed by atoms with Crippen molar-refractivity contribution in [2.75, 3.05) is 0 Å². The van der Waals surface area contributed by atoms with Crippen LogP contribution in [-0.4, -0.2) is 4.57 Å². The second kappa shape index (κ2) is 9.48. The van der Waals surface area contributed by atoms with Gasteiger partial charge in [0.15, 0.2) is 0 Å². The zero-order valence-electron chi connectivity index (χ0n) is 20.7. The number of hydrogen-bond donors (Lipinski definition) is 0. The molecule has 1 heterocycles. The Bertz CT molecular complexity index is 1910. The second-order valence-electron chi connectivity index (χ2n) is 9.55. The smallest absolute Gasteiger partial charge is 0.0547 e. The fraction of sp³-hybridized carbons (Fsp3) is 0. The quantitative estimate of drug-likeness (QED) is 0.205. The van der Waals surface area contributed by atoms with Crippen molar-refractivity contribution in [3.63, 3.8) is 0 Å². The highest BCUT2D eigenvalue weighted by atomic mass is 79.9. The Balaban J connectivity index is 1.42. The Morgan fingerprint density at radius 1 is 0.395 bits per heavy atom. The van der Waals surface area contributed by atoms with Crippen molar-refractivity contribution in [3.05, 3.63) is 150 Å². The molecule has 180 valence electrons. The highest BCUT2D eigenvalue weighted by Gasteiger charge is 2.15. The summed E-state index contributed by atoms with van der Waals surface area (Å²) < 4.78 is 3.48. The van der Waals surface area contributed by atoms with E-state index in [4.69, 9.17) is 0 Å². The number of rotatable bonds is 4. The average Bonchev–Trinajstić information content (AvgIpc) is 3.31. The molecule has 0 bridgehead atoms. The minimum absolute atomic E-state index is 1.08. The molecular formula is C36H24BrN. The lowest BCUT2D eigenvalue weighted by Gasteiger charge is -2.13. The molecule has 0 aliphatic heterocycles. The summed E-state index contributed by atoms with van der Waals surface area (Å²) in [6.07, 6.45) is 0. The van der Waals surface area contributed by atoms with Crippen molar-refractivity contribution in [1.29, 1.82) is 0 Å². The SMILES string of the molecule is Brc1cccc(-c2ccccc2-c2ccc3c4ccccc4n(-c4ccc(-c5ccccc5)cc4)c3c2)c1. The van der Waals surface area contributed by atoms with Crippen LogP contribution in [0.25, 0.3) is 60.9 Å². The van der Waals surface area contributed by atoms with Crippen molar-refractivity contribution < 1.29 is 0 Å². The van der Waals surface area contributed by atoms with E-state index in [9.17, 15) is 0 Å². The number of para-hydroxylation sites is 1. The zero-order valence-corrected chi connectivity index (χ0v) is 22.3. The molecule has 0 saturated heterocycles. The van der Waals surface area contributed by atoms with Gasteiger partial charge < -0.3 is 4.57 Å². The number of benzene rings is 6. The van der Waals surface area contributed by atoms with Crippen LogP contribution in [0.2, 0.25) is 0 Å². The number of hydrogen-bond acceptors (Lipinski definition) is 0. The van der Waals surface area contributed by atoms with Gasteiger partial charge in [-0.3, -0.25) is 0 Å². The molecule has 0 saturated carbocycles. The van der Waals surface area contributed by atoms with Crippen molar-refractivity contribution in [2.45, 2.75) is 0 Å². The number of aromatic nitrogens is 1. The van der Waals surface area contributed by atoms with E-state index in [1.807, 2.05) is 0 Å². The molecule has 0 radical (unpaired) electrons. The lowest BCUT2D eigenvalue weighted by Crippen LogP contribution is -1.94. The maximum absolute atomic E-state index is 3.64. The Kier molecular flexibility index (Phi) is 5.68. The van der Waals surface area contributed by atoms with Crippen LogP contribution in [0.5, 0.6) is 0 Å². The molecule has 2 heteroatoms. The Morgan fingerprint density at radius 2 is 0.974 bits per heavy atom. The monoisotopic (exact) mass is 549 g/mol. The topological polar surface area (TPSA) is 4.93 Å². The summed E-state index contributed by atoms with van der Waals surface area (Å²) in [5.74, 6) is 0. The minimum Gasteiger partial charge on any atom is -0.309 e. The van der Waals surface area contributed by atoms with E-state index in [-0.39, 0.29) is 0 Å². The van der Waals surface area contributed by atoms with E-state index in [1.165, 1.54) is 55.2 Å².